The summed E-state index contributed by atoms with van der Waals surface area (Å²) in [6, 6.07) is 1.45. The van der Waals surface area contributed by atoms with Crippen molar-refractivity contribution >= 4 is 33.4 Å². The third-order valence-corrected chi connectivity index (χ3v) is 5.22. The van der Waals surface area contributed by atoms with Crippen molar-refractivity contribution in [2.24, 2.45) is 0 Å². The van der Waals surface area contributed by atoms with Gasteiger partial charge in [0.15, 0.2) is 5.00 Å². The molecule has 0 aromatic carbocycles. The Labute approximate surface area is 124 Å². The van der Waals surface area contributed by atoms with E-state index in [0.717, 1.165) is 10.6 Å². The van der Waals surface area contributed by atoms with Crippen LogP contribution in [0.3, 0.4) is 0 Å². The molecule has 0 saturated carbocycles. The van der Waals surface area contributed by atoms with Gasteiger partial charge in [0.05, 0.1) is 28.8 Å². The van der Waals surface area contributed by atoms with Crippen molar-refractivity contribution < 1.29 is 10.0 Å². The lowest BCUT2D eigenvalue weighted by molar-refractivity contribution is -0.383. The number of hydrogen-bond donors (Lipinski definition) is 1. The zero-order valence-corrected chi connectivity index (χ0v) is 13.0. The molecule has 20 heavy (non-hydrogen) atoms. The monoisotopic (exact) mass is 313 g/mol. The molecule has 0 saturated heterocycles. The lowest BCUT2D eigenvalue weighted by Crippen LogP contribution is -2.16. The molecule has 2 rings (SSSR count). The zero-order valence-electron chi connectivity index (χ0n) is 11.4. The Morgan fingerprint density at radius 3 is 2.80 bits per heavy atom. The first-order chi connectivity index (χ1) is 9.40. The number of nitrogens with zero attached hydrogens (tertiary/aromatic N) is 3. The summed E-state index contributed by atoms with van der Waals surface area (Å²) in [5.41, 5.74) is 2.75. The molecule has 0 spiro atoms. The SMILES string of the molecule is Cc1ncsc1CN(C)c1sc([C@H](C)O)cc1[N+](=O)[O-]. The average molecular weight is 313 g/mol. The van der Waals surface area contributed by atoms with Crippen LogP contribution in [0.25, 0.3) is 0 Å². The molecule has 2 aromatic heterocycles. The Morgan fingerprint density at radius 1 is 1.60 bits per heavy atom. The fourth-order valence-corrected chi connectivity index (χ4v) is 3.62. The van der Waals surface area contributed by atoms with Gasteiger partial charge >= 0.3 is 5.69 Å². The highest BCUT2D eigenvalue weighted by Crippen LogP contribution is 2.40. The number of thiazole rings is 1. The van der Waals surface area contributed by atoms with Gasteiger partial charge in [-0.2, -0.15) is 0 Å². The van der Waals surface area contributed by atoms with E-state index in [-0.39, 0.29) is 5.69 Å². The van der Waals surface area contributed by atoms with E-state index in [4.69, 9.17) is 0 Å². The van der Waals surface area contributed by atoms with E-state index < -0.39 is 11.0 Å². The van der Waals surface area contributed by atoms with Crippen molar-refractivity contribution in [3.63, 3.8) is 0 Å². The number of nitro groups is 1. The number of hydrogen-bond acceptors (Lipinski definition) is 7. The van der Waals surface area contributed by atoms with Gasteiger partial charge in [-0.3, -0.25) is 10.1 Å². The number of aryl methyl sites for hydroxylation is 1. The Balaban J connectivity index is 2.31. The average Bonchev–Trinajstić information content (AvgIpc) is 2.96. The standard InChI is InChI=1S/C12H15N3O3S2/c1-7-11(19-6-13-7)5-14(3)12-9(15(17)18)4-10(20-12)8(2)16/h4,6,8,16H,5H2,1-3H3/t8-/m0/s1. The molecule has 0 aliphatic heterocycles. The highest BCUT2D eigenvalue weighted by molar-refractivity contribution is 7.16. The van der Waals surface area contributed by atoms with Crippen LogP contribution in [0.15, 0.2) is 11.6 Å². The third-order valence-electron chi connectivity index (χ3n) is 2.89. The second kappa shape index (κ2) is 5.86. The van der Waals surface area contributed by atoms with E-state index >= 15 is 0 Å². The summed E-state index contributed by atoms with van der Waals surface area (Å²) in [5.74, 6) is 0. The van der Waals surface area contributed by atoms with E-state index in [1.807, 2.05) is 18.9 Å². The van der Waals surface area contributed by atoms with Gasteiger partial charge in [0.2, 0.25) is 0 Å². The minimum atomic E-state index is -0.703. The number of anilines is 1. The minimum Gasteiger partial charge on any atom is -0.388 e. The molecule has 2 heterocycles. The molecule has 0 aliphatic carbocycles. The smallest absolute Gasteiger partial charge is 0.304 e. The van der Waals surface area contributed by atoms with Crippen LogP contribution in [0, 0.1) is 17.0 Å². The van der Waals surface area contributed by atoms with Gasteiger partial charge in [-0.1, -0.05) is 0 Å². The van der Waals surface area contributed by atoms with Crippen molar-refractivity contribution in [3.05, 3.63) is 37.1 Å². The first-order valence-corrected chi connectivity index (χ1v) is 7.66. The number of aromatic nitrogens is 1. The van der Waals surface area contributed by atoms with Crippen molar-refractivity contribution in [1.29, 1.82) is 0 Å². The second-order valence-electron chi connectivity index (χ2n) is 4.49. The fourth-order valence-electron chi connectivity index (χ4n) is 1.77. The van der Waals surface area contributed by atoms with Gasteiger partial charge in [0.1, 0.15) is 0 Å². The molecule has 0 aliphatic rings. The number of aliphatic hydroxyl groups excluding tert-OH is 1. The zero-order chi connectivity index (χ0) is 14.9. The lowest BCUT2D eigenvalue weighted by Gasteiger charge is -2.15. The molecule has 108 valence electrons. The van der Waals surface area contributed by atoms with Gasteiger partial charge in [0, 0.05) is 22.9 Å². The van der Waals surface area contributed by atoms with Crippen molar-refractivity contribution in [2.75, 3.05) is 11.9 Å². The Hall–Kier alpha value is -1.51. The van der Waals surface area contributed by atoms with Crippen LogP contribution in [0.2, 0.25) is 0 Å². The maximum Gasteiger partial charge on any atom is 0.304 e. The van der Waals surface area contributed by atoms with Gasteiger partial charge in [0.25, 0.3) is 0 Å². The minimum absolute atomic E-state index is 0.0376. The van der Waals surface area contributed by atoms with Crippen LogP contribution >= 0.6 is 22.7 Å². The van der Waals surface area contributed by atoms with Crippen molar-refractivity contribution in [3.8, 4) is 0 Å². The molecule has 0 bridgehead atoms. The summed E-state index contributed by atoms with van der Waals surface area (Å²) in [7, 11) is 1.81. The predicted octanol–water partition coefficient (Wildman–Crippen LogP) is 3.11. The summed E-state index contributed by atoms with van der Waals surface area (Å²) < 4.78 is 0. The van der Waals surface area contributed by atoms with Gasteiger partial charge in [-0.25, -0.2) is 4.98 Å². The first-order valence-electron chi connectivity index (χ1n) is 5.96. The summed E-state index contributed by atoms with van der Waals surface area (Å²) in [6.07, 6.45) is -0.703. The van der Waals surface area contributed by atoms with Crippen molar-refractivity contribution in [2.45, 2.75) is 26.5 Å². The maximum absolute atomic E-state index is 11.1. The molecular formula is C12H15N3O3S2. The highest BCUT2D eigenvalue weighted by atomic mass is 32.1. The highest BCUT2D eigenvalue weighted by Gasteiger charge is 2.24. The summed E-state index contributed by atoms with van der Waals surface area (Å²) in [6.45, 7) is 4.09. The number of aliphatic hydroxyl groups is 1. The topological polar surface area (TPSA) is 79.5 Å². The molecule has 0 fully saturated rings. The van der Waals surface area contributed by atoms with Crippen LogP contribution < -0.4 is 4.90 Å². The van der Waals surface area contributed by atoms with Gasteiger partial charge in [-0.15, -0.1) is 22.7 Å². The van der Waals surface area contributed by atoms with Gasteiger partial charge < -0.3 is 10.0 Å². The number of rotatable bonds is 5. The van der Waals surface area contributed by atoms with Crippen LogP contribution in [0.1, 0.15) is 28.5 Å². The van der Waals surface area contributed by atoms with E-state index in [1.165, 1.54) is 28.7 Å². The van der Waals surface area contributed by atoms with Crippen LogP contribution in [-0.4, -0.2) is 22.1 Å². The molecule has 6 nitrogen and oxygen atoms in total. The fraction of sp³-hybridized carbons (Fsp3) is 0.417. The van der Waals surface area contributed by atoms with Crippen LogP contribution in [0.4, 0.5) is 10.7 Å². The molecule has 0 unspecified atom stereocenters. The summed E-state index contributed by atoms with van der Waals surface area (Å²) >= 11 is 2.78. The largest absolute Gasteiger partial charge is 0.388 e. The maximum atomic E-state index is 11.1. The Morgan fingerprint density at radius 2 is 2.30 bits per heavy atom. The summed E-state index contributed by atoms with van der Waals surface area (Å²) in [4.78, 5) is 18.4. The lowest BCUT2D eigenvalue weighted by atomic mass is 10.3. The molecule has 2 aromatic rings. The molecule has 1 N–H and O–H groups in total. The van der Waals surface area contributed by atoms with Crippen LogP contribution in [-0.2, 0) is 6.54 Å². The molecule has 0 amide bonds. The molecule has 8 heteroatoms. The predicted molar refractivity (Wildman–Crippen MR) is 80.6 cm³/mol. The molecule has 1 atom stereocenters. The van der Waals surface area contributed by atoms with E-state index in [0.29, 0.717) is 16.4 Å². The molecule has 0 radical (unpaired) electrons. The second-order valence-corrected chi connectivity index (χ2v) is 6.49. The quantitative estimate of drug-likeness (QED) is 0.677. The summed E-state index contributed by atoms with van der Waals surface area (Å²) in [5, 5.41) is 21.3. The Bertz CT molecular complexity index is 621. The van der Waals surface area contributed by atoms with E-state index in [9.17, 15) is 15.2 Å². The van der Waals surface area contributed by atoms with Gasteiger partial charge in [-0.05, 0) is 13.8 Å². The van der Waals surface area contributed by atoms with Crippen molar-refractivity contribution in [1.82, 2.24) is 4.98 Å². The van der Waals surface area contributed by atoms with E-state index in [1.54, 1.807) is 12.4 Å². The molecular weight excluding hydrogens is 298 g/mol. The Kier molecular flexibility index (Phi) is 4.36. The third kappa shape index (κ3) is 2.97. The number of thiophene rings is 1. The first kappa shape index (κ1) is 14.9. The normalized spacial score (nSPS) is 12.4. The van der Waals surface area contributed by atoms with Crippen LogP contribution in [0.5, 0.6) is 0 Å². The van der Waals surface area contributed by atoms with E-state index in [2.05, 4.69) is 4.98 Å².